The molecule has 21 heavy (non-hydrogen) atoms. The Bertz CT molecular complexity index is 632. The number of benzene rings is 2. The van der Waals surface area contributed by atoms with Gasteiger partial charge in [-0.25, -0.2) is 8.78 Å². The van der Waals surface area contributed by atoms with Gasteiger partial charge in [-0.1, -0.05) is 23.7 Å². The fourth-order valence-electron chi connectivity index (χ4n) is 2.03. The Balaban J connectivity index is 2.21. The van der Waals surface area contributed by atoms with Gasteiger partial charge in [0, 0.05) is 16.6 Å². The first-order valence-corrected chi connectivity index (χ1v) is 6.95. The van der Waals surface area contributed by atoms with Crippen molar-refractivity contribution in [1.29, 1.82) is 0 Å². The van der Waals surface area contributed by atoms with E-state index in [4.69, 9.17) is 22.1 Å². The third-order valence-electron chi connectivity index (χ3n) is 2.97. The minimum absolute atomic E-state index is 0.0104. The highest BCUT2D eigenvalue weighted by molar-refractivity contribution is 6.31. The van der Waals surface area contributed by atoms with E-state index in [2.05, 4.69) is 0 Å². The molecule has 0 amide bonds. The van der Waals surface area contributed by atoms with Crippen molar-refractivity contribution in [2.75, 3.05) is 0 Å². The maximum atomic E-state index is 13.9. The van der Waals surface area contributed by atoms with Crippen LogP contribution in [0.25, 0.3) is 0 Å². The average Bonchev–Trinajstić information content (AvgIpc) is 2.41. The minimum Gasteiger partial charge on any atom is -0.485 e. The normalized spacial score (nSPS) is 12.2. The van der Waals surface area contributed by atoms with E-state index in [1.54, 1.807) is 12.1 Å². The highest BCUT2D eigenvalue weighted by Gasteiger charge is 2.12. The highest BCUT2D eigenvalue weighted by Crippen LogP contribution is 2.26. The van der Waals surface area contributed by atoms with E-state index < -0.39 is 11.6 Å². The quantitative estimate of drug-likeness (QED) is 0.902. The van der Waals surface area contributed by atoms with E-state index in [0.29, 0.717) is 22.6 Å². The molecule has 2 rings (SSSR count). The summed E-state index contributed by atoms with van der Waals surface area (Å²) in [5.74, 6) is -0.752. The summed E-state index contributed by atoms with van der Waals surface area (Å²) < 4.78 is 32.6. The molecule has 0 heterocycles. The molecule has 0 saturated heterocycles. The first kappa shape index (κ1) is 15.7. The number of ether oxygens (including phenoxy) is 1. The van der Waals surface area contributed by atoms with Crippen LogP contribution >= 0.6 is 11.6 Å². The molecule has 1 unspecified atom stereocenters. The largest absolute Gasteiger partial charge is 0.485 e. The lowest BCUT2D eigenvalue weighted by Gasteiger charge is -2.14. The van der Waals surface area contributed by atoms with Crippen molar-refractivity contribution >= 4 is 11.6 Å². The summed E-state index contributed by atoms with van der Waals surface area (Å²) in [6.07, 6.45) is 0.490. The van der Waals surface area contributed by atoms with Gasteiger partial charge < -0.3 is 10.5 Å². The summed E-state index contributed by atoms with van der Waals surface area (Å²) in [7, 11) is 0. The zero-order valence-electron chi connectivity index (χ0n) is 11.6. The van der Waals surface area contributed by atoms with Crippen LogP contribution in [0.1, 0.15) is 18.1 Å². The third kappa shape index (κ3) is 4.16. The van der Waals surface area contributed by atoms with Gasteiger partial charge >= 0.3 is 0 Å². The zero-order chi connectivity index (χ0) is 15.4. The van der Waals surface area contributed by atoms with Crippen molar-refractivity contribution in [3.05, 3.63) is 64.2 Å². The van der Waals surface area contributed by atoms with E-state index in [9.17, 15) is 8.78 Å². The topological polar surface area (TPSA) is 35.2 Å². The summed E-state index contributed by atoms with van der Waals surface area (Å²) >= 11 is 5.97. The number of halogens is 3. The number of hydrogen-bond acceptors (Lipinski definition) is 2. The smallest absolute Gasteiger partial charge is 0.165 e. The molecule has 0 radical (unpaired) electrons. The van der Waals surface area contributed by atoms with Crippen LogP contribution in [0.3, 0.4) is 0 Å². The number of hydrogen-bond donors (Lipinski definition) is 1. The maximum absolute atomic E-state index is 13.9. The predicted molar refractivity (Wildman–Crippen MR) is 79.5 cm³/mol. The predicted octanol–water partition coefficient (Wildman–Crippen LogP) is 4.09. The second-order valence-corrected chi connectivity index (χ2v) is 5.34. The van der Waals surface area contributed by atoms with Crippen molar-refractivity contribution in [2.45, 2.75) is 26.0 Å². The van der Waals surface area contributed by atoms with E-state index in [1.165, 1.54) is 24.3 Å². The molecule has 1 atom stereocenters. The molecule has 2 aromatic carbocycles. The van der Waals surface area contributed by atoms with Gasteiger partial charge in [0.1, 0.15) is 12.4 Å². The standard InChI is InChI=1S/C16H16ClF2NO/c1-10(20)7-11-3-2-4-15(19)16(11)21-9-12-8-13(18)5-6-14(12)17/h2-6,8,10H,7,9,20H2,1H3. The van der Waals surface area contributed by atoms with Crippen molar-refractivity contribution in [1.82, 2.24) is 0 Å². The number of rotatable bonds is 5. The molecule has 0 aliphatic rings. The Morgan fingerprint density at radius 1 is 1.19 bits per heavy atom. The van der Waals surface area contributed by atoms with Gasteiger partial charge in [0.15, 0.2) is 11.6 Å². The van der Waals surface area contributed by atoms with Gasteiger partial charge in [0.25, 0.3) is 0 Å². The van der Waals surface area contributed by atoms with E-state index in [1.807, 2.05) is 6.92 Å². The average molecular weight is 312 g/mol. The number of nitrogens with two attached hydrogens (primary N) is 1. The lowest BCUT2D eigenvalue weighted by Crippen LogP contribution is -2.18. The van der Waals surface area contributed by atoms with E-state index in [0.717, 1.165) is 0 Å². The molecule has 5 heteroatoms. The van der Waals surface area contributed by atoms with Gasteiger partial charge in [0.05, 0.1) is 0 Å². The molecule has 112 valence electrons. The van der Waals surface area contributed by atoms with Gasteiger partial charge in [0.2, 0.25) is 0 Å². The summed E-state index contributed by atoms with van der Waals surface area (Å²) in [6.45, 7) is 1.82. The van der Waals surface area contributed by atoms with Gasteiger partial charge in [-0.15, -0.1) is 0 Å². The van der Waals surface area contributed by atoms with Crippen molar-refractivity contribution in [3.8, 4) is 5.75 Å². The summed E-state index contributed by atoms with van der Waals surface area (Å²) in [6, 6.07) is 8.54. The molecule has 0 saturated carbocycles. The molecule has 2 N–H and O–H groups in total. The molecule has 0 spiro atoms. The van der Waals surface area contributed by atoms with E-state index >= 15 is 0 Å². The van der Waals surface area contributed by atoms with Crippen LogP contribution in [-0.2, 0) is 13.0 Å². The fraction of sp³-hybridized carbons (Fsp3) is 0.250. The van der Waals surface area contributed by atoms with Gasteiger partial charge in [-0.3, -0.25) is 0 Å². The van der Waals surface area contributed by atoms with Gasteiger partial charge in [-0.2, -0.15) is 0 Å². The minimum atomic E-state index is -0.472. The SMILES string of the molecule is CC(N)Cc1cccc(F)c1OCc1cc(F)ccc1Cl. The molecule has 2 aromatic rings. The lowest BCUT2D eigenvalue weighted by atomic mass is 10.1. The monoisotopic (exact) mass is 311 g/mol. The van der Waals surface area contributed by atoms with Crippen LogP contribution in [-0.4, -0.2) is 6.04 Å². The second kappa shape index (κ2) is 6.87. The van der Waals surface area contributed by atoms with Crippen LogP contribution in [0.2, 0.25) is 5.02 Å². The van der Waals surface area contributed by atoms with Crippen LogP contribution in [0.5, 0.6) is 5.75 Å². The van der Waals surface area contributed by atoms with Gasteiger partial charge in [-0.05, 0) is 43.2 Å². The first-order valence-electron chi connectivity index (χ1n) is 6.57. The molecule has 0 bridgehead atoms. The first-order chi connectivity index (χ1) is 9.97. The lowest BCUT2D eigenvalue weighted by molar-refractivity contribution is 0.286. The van der Waals surface area contributed by atoms with Crippen LogP contribution in [0, 0.1) is 11.6 Å². The van der Waals surface area contributed by atoms with Crippen molar-refractivity contribution < 1.29 is 13.5 Å². The highest BCUT2D eigenvalue weighted by atomic mass is 35.5. The van der Waals surface area contributed by atoms with Crippen molar-refractivity contribution in [3.63, 3.8) is 0 Å². The Morgan fingerprint density at radius 3 is 2.67 bits per heavy atom. The number of para-hydroxylation sites is 1. The summed E-state index contributed by atoms with van der Waals surface area (Å²) in [5.41, 5.74) is 6.89. The molecular weight excluding hydrogens is 296 g/mol. The van der Waals surface area contributed by atoms with E-state index in [-0.39, 0.29) is 18.4 Å². The molecular formula is C16H16ClF2NO. The van der Waals surface area contributed by atoms with Crippen molar-refractivity contribution in [2.24, 2.45) is 5.73 Å². The van der Waals surface area contributed by atoms with Crippen LogP contribution in [0.15, 0.2) is 36.4 Å². The summed E-state index contributed by atoms with van der Waals surface area (Å²) in [4.78, 5) is 0. The Labute approximate surface area is 127 Å². The molecule has 2 nitrogen and oxygen atoms in total. The second-order valence-electron chi connectivity index (χ2n) is 4.93. The fourth-order valence-corrected chi connectivity index (χ4v) is 2.20. The summed E-state index contributed by atoms with van der Waals surface area (Å²) in [5, 5.41) is 0.376. The molecule has 0 aliphatic carbocycles. The Hall–Kier alpha value is -1.65. The zero-order valence-corrected chi connectivity index (χ0v) is 12.3. The Morgan fingerprint density at radius 2 is 1.95 bits per heavy atom. The van der Waals surface area contributed by atoms with Crippen LogP contribution in [0.4, 0.5) is 8.78 Å². The Kier molecular flexibility index (Phi) is 5.15. The maximum Gasteiger partial charge on any atom is 0.165 e. The molecule has 0 aliphatic heterocycles. The van der Waals surface area contributed by atoms with Crippen LogP contribution < -0.4 is 10.5 Å². The molecule has 0 fully saturated rings. The third-order valence-corrected chi connectivity index (χ3v) is 3.34. The molecule has 0 aromatic heterocycles.